The van der Waals surface area contributed by atoms with Crippen molar-refractivity contribution in [2.24, 2.45) is 0 Å². The number of esters is 1. The van der Waals surface area contributed by atoms with E-state index in [0.717, 1.165) is 5.56 Å². The molecule has 0 aliphatic carbocycles. The number of carbonyl (C=O) groups excluding carboxylic acids is 2. The van der Waals surface area contributed by atoms with Gasteiger partial charge in [-0.05, 0) is 42.3 Å². The maximum atomic E-state index is 12.7. The lowest BCUT2D eigenvalue weighted by molar-refractivity contribution is -0.140. The Hall–Kier alpha value is -3.23. The molecule has 1 atom stereocenters. The van der Waals surface area contributed by atoms with Gasteiger partial charge in [-0.3, -0.25) is 0 Å². The van der Waals surface area contributed by atoms with Crippen molar-refractivity contribution in [3.8, 4) is 11.5 Å². The third-order valence-electron chi connectivity index (χ3n) is 4.84. The summed E-state index contributed by atoms with van der Waals surface area (Å²) in [5, 5.41) is 6.04. The molecule has 1 aliphatic heterocycles. The number of amides is 2. The van der Waals surface area contributed by atoms with Crippen LogP contribution < -0.4 is 20.1 Å². The number of hydrogen-bond donors (Lipinski definition) is 2. The van der Waals surface area contributed by atoms with Crippen LogP contribution in [0, 0.1) is 0 Å². The molecular formula is C23H25ClN2O6. The Morgan fingerprint density at radius 1 is 1.06 bits per heavy atom. The highest BCUT2D eigenvalue weighted by atomic mass is 35.5. The molecule has 2 aromatic carbocycles. The third-order valence-corrected chi connectivity index (χ3v) is 5.09. The number of carbonyl (C=O) groups is 2. The number of hydrogen-bond acceptors (Lipinski definition) is 6. The standard InChI is InChI=1S/C23H25ClN2O6/c1-14-20(22(27)31-11-10-29-2)21(26-23(28)25-14)16-6-9-18(19(12-16)30-3)32-13-15-4-7-17(24)8-5-15/h4-9,12,21H,10-11,13H2,1-3H3,(H2,25,26,28). The van der Waals surface area contributed by atoms with Crippen LogP contribution in [0.5, 0.6) is 11.5 Å². The van der Waals surface area contributed by atoms with Crippen molar-refractivity contribution in [3.63, 3.8) is 0 Å². The molecule has 2 N–H and O–H groups in total. The van der Waals surface area contributed by atoms with E-state index in [9.17, 15) is 9.59 Å². The van der Waals surface area contributed by atoms with Gasteiger partial charge in [0.15, 0.2) is 11.5 Å². The number of halogens is 1. The summed E-state index contributed by atoms with van der Waals surface area (Å²) < 4.78 is 21.6. The van der Waals surface area contributed by atoms with E-state index in [1.165, 1.54) is 14.2 Å². The van der Waals surface area contributed by atoms with Crippen LogP contribution in [0.25, 0.3) is 0 Å². The number of benzene rings is 2. The zero-order valence-corrected chi connectivity index (χ0v) is 18.8. The number of urea groups is 1. The van der Waals surface area contributed by atoms with Crippen molar-refractivity contribution in [3.05, 3.63) is 69.9 Å². The van der Waals surface area contributed by atoms with E-state index in [1.807, 2.05) is 12.1 Å². The van der Waals surface area contributed by atoms with Crippen LogP contribution in [-0.2, 0) is 20.9 Å². The van der Waals surface area contributed by atoms with Gasteiger partial charge < -0.3 is 29.6 Å². The van der Waals surface area contributed by atoms with Crippen molar-refractivity contribution >= 4 is 23.6 Å². The molecule has 0 bridgehead atoms. The lowest BCUT2D eigenvalue weighted by atomic mass is 9.95. The summed E-state index contributed by atoms with van der Waals surface area (Å²) in [7, 11) is 3.04. The van der Waals surface area contributed by atoms with E-state index in [0.29, 0.717) is 40.0 Å². The first kappa shape index (κ1) is 23.4. The van der Waals surface area contributed by atoms with Gasteiger partial charge in [0.05, 0.1) is 25.3 Å². The van der Waals surface area contributed by atoms with Gasteiger partial charge in [0, 0.05) is 17.8 Å². The van der Waals surface area contributed by atoms with Gasteiger partial charge in [-0.1, -0.05) is 29.8 Å². The zero-order chi connectivity index (χ0) is 23.1. The normalized spacial score (nSPS) is 15.6. The lowest BCUT2D eigenvalue weighted by Crippen LogP contribution is -2.45. The fraction of sp³-hybridized carbons (Fsp3) is 0.304. The Balaban J connectivity index is 1.83. The Morgan fingerprint density at radius 3 is 2.50 bits per heavy atom. The summed E-state index contributed by atoms with van der Waals surface area (Å²) in [4.78, 5) is 24.8. The molecule has 2 aromatic rings. The molecule has 0 radical (unpaired) electrons. The summed E-state index contributed by atoms with van der Waals surface area (Å²) in [6.45, 7) is 2.36. The molecule has 8 nitrogen and oxygen atoms in total. The second-order valence-corrected chi connectivity index (χ2v) is 7.46. The summed E-state index contributed by atoms with van der Waals surface area (Å²) in [5.41, 5.74) is 2.32. The molecule has 3 rings (SSSR count). The van der Waals surface area contributed by atoms with Crippen LogP contribution >= 0.6 is 11.6 Å². The van der Waals surface area contributed by atoms with Crippen LogP contribution in [0.15, 0.2) is 53.7 Å². The highest BCUT2D eigenvalue weighted by Crippen LogP contribution is 2.35. The van der Waals surface area contributed by atoms with Gasteiger partial charge in [-0.15, -0.1) is 0 Å². The smallest absolute Gasteiger partial charge is 0.338 e. The van der Waals surface area contributed by atoms with Crippen LogP contribution in [0.4, 0.5) is 4.79 Å². The molecule has 1 aliphatic rings. The highest BCUT2D eigenvalue weighted by Gasteiger charge is 2.32. The largest absolute Gasteiger partial charge is 0.493 e. The zero-order valence-electron chi connectivity index (χ0n) is 18.1. The molecule has 0 aromatic heterocycles. The molecule has 170 valence electrons. The van der Waals surface area contributed by atoms with E-state index in [4.69, 9.17) is 30.5 Å². The predicted molar refractivity (Wildman–Crippen MR) is 119 cm³/mol. The fourth-order valence-electron chi connectivity index (χ4n) is 3.23. The average molecular weight is 461 g/mol. The third kappa shape index (κ3) is 5.72. The minimum atomic E-state index is -0.710. The van der Waals surface area contributed by atoms with Crippen LogP contribution in [0.1, 0.15) is 24.1 Å². The SMILES string of the molecule is COCCOC(=O)C1=C(C)NC(=O)NC1c1ccc(OCc2ccc(Cl)cc2)c(OC)c1. The van der Waals surface area contributed by atoms with Crippen molar-refractivity contribution in [2.45, 2.75) is 19.6 Å². The van der Waals surface area contributed by atoms with Gasteiger partial charge in [-0.25, -0.2) is 9.59 Å². The van der Waals surface area contributed by atoms with Crippen LogP contribution in [0.2, 0.25) is 5.02 Å². The van der Waals surface area contributed by atoms with Gasteiger partial charge in [-0.2, -0.15) is 0 Å². The van der Waals surface area contributed by atoms with E-state index >= 15 is 0 Å². The Labute approximate surface area is 191 Å². The van der Waals surface area contributed by atoms with Gasteiger partial charge in [0.1, 0.15) is 13.2 Å². The molecule has 0 saturated heterocycles. The Morgan fingerprint density at radius 2 is 1.81 bits per heavy atom. The Bertz CT molecular complexity index is 1010. The molecule has 9 heteroatoms. The predicted octanol–water partition coefficient (Wildman–Crippen LogP) is 3.75. The first-order chi connectivity index (χ1) is 15.4. The molecule has 0 fully saturated rings. The van der Waals surface area contributed by atoms with Crippen LogP contribution in [0.3, 0.4) is 0 Å². The van der Waals surface area contributed by atoms with E-state index in [2.05, 4.69) is 10.6 Å². The van der Waals surface area contributed by atoms with Gasteiger partial charge in [0.2, 0.25) is 0 Å². The van der Waals surface area contributed by atoms with E-state index in [-0.39, 0.29) is 13.2 Å². The number of rotatable bonds is 9. The summed E-state index contributed by atoms with van der Waals surface area (Å²) in [6.07, 6.45) is 0. The maximum absolute atomic E-state index is 12.7. The summed E-state index contributed by atoms with van der Waals surface area (Å²) in [5.74, 6) is 0.449. The minimum Gasteiger partial charge on any atom is -0.493 e. The van der Waals surface area contributed by atoms with Crippen LogP contribution in [-0.4, -0.2) is 39.4 Å². The monoisotopic (exact) mass is 460 g/mol. The topological polar surface area (TPSA) is 95.1 Å². The van der Waals surface area contributed by atoms with Crippen molar-refractivity contribution < 1.29 is 28.5 Å². The van der Waals surface area contributed by atoms with E-state index in [1.54, 1.807) is 37.3 Å². The van der Waals surface area contributed by atoms with Crippen molar-refractivity contribution in [1.82, 2.24) is 10.6 Å². The second kappa shape index (κ2) is 10.9. The number of methoxy groups -OCH3 is 2. The molecule has 1 heterocycles. The lowest BCUT2D eigenvalue weighted by Gasteiger charge is -2.28. The van der Waals surface area contributed by atoms with Gasteiger partial charge >= 0.3 is 12.0 Å². The Kier molecular flexibility index (Phi) is 7.97. The van der Waals surface area contributed by atoms with Crippen molar-refractivity contribution in [1.29, 1.82) is 0 Å². The van der Waals surface area contributed by atoms with Gasteiger partial charge in [0.25, 0.3) is 0 Å². The molecular weight excluding hydrogens is 436 g/mol. The number of ether oxygens (including phenoxy) is 4. The molecule has 2 amide bonds. The molecule has 0 saturated carbocycles. The maximum Gasteiger partial charge on any atom is 0.338 e. The first-order valence-electron chi connectivity index (χ1n) is 9.92. The quantitative estimate of drug-likeness (QED) is 0.437. The second-order valence-electron chi connectivity index (χ2n) is 7.02. The highest BCUT2D eigenvalue weighted by molar-refractivity contribution is 6.30. The number of allylic oxidation sites excluding steroid dienone is 1. The number of nitrogens with one attached hydrogen (secondary N) is 2. The van der Waals surface area contributed by atoms with Crippen molar-refractivity contribution in [2.75, 3.05) is 27.4 Å². The molecule has 0 spiro atoms. The van der Waals surface area contributed by atoms with E-state index < -0.39 is 18.0 Å². The molecule has 32 heavy (non-hydrogen) atoms. The first-order valence-corrected chi connectivity index (χ1v) is 10.3. The summed E-state index contributed by atoms with van der Waals surface area (Å²) in [6, 6.07) is 11.5. The minimum absolute atomic E-state index is 0.105. The summed E-state index contributed by atoms with van der Waals surface area (Å²) >= 11 is 5.92. The fourth-order valence-corrected chi connectivity index (χ4v) is 3.36. The average Bonchev–Trinajstić information content (AvgIpc) is 2.78. The molecule has 1 unspecified atom stereocenters.